The number of nitrogens with zero attached hydrogens (tertiary/aromatic N) is 1. The summed E-state index contributed by atoms with van der Waals surface area (Å²) in [6, 6.07) is 24.0. The van der Waals surface area contributed by atoms with E-state index in [0.717, 1.165) is 28.5 Å². The summed E-state index contributed by atoms with van der Waals surface area (Å²) in [6.45, 7) is 9.02. The number of hydrazine groups is 1. The van der Waals surface area contributed by atoms with E-state index in [9.17, 15) is 70.8 Å². The van der Waals surface area contributed by atoms with E-state index in [1.54, 1.807) is 57.0 Å². The fraction of sp³-hybridized carbons (Fsp3) is 0.539. The van der Waals surface area contributed by atoms with Crippen molar-refractivity contribution >= 4 is 103 Å². The molecule has 0 bridgehead atoms. The Bertz CT molecular complexity index is 4790. The second-order valence-corrected chi connectivity index (χ2v) is 34.7. The molecule has 3 saturated carbocycles. The fourth-order valence-corrected chi connectivity index (χ4v) is 18.3. The molecule has 35 nitrogen and oxygen atoms in total. The molecule has 9 amide bonds. The van der Waals surface area contributed by atoms with Crippen molar-refractivity contribution in [3.63, 3.8) is 0 Å². The molecule has 1 unspecified atom stereocenters. The lowest BCUT2D eigenvalue weighted by atomic mass is 9.44. The first-order chi connectivity index (χ1) is 60.7. The van der Waals surface area contributed by atoms with E-state index >= 15 is 8.78 Å². The van der Waals surface area contributed by atoms with Crippen LogP contribution in [0.1, 0.15) is 140 Å². The summed E-state index contributed by atoms with van der Waals surface area (Å²) in [6.07, 6.45) is -2.64. The van der Waals surface area contributed by atoms with E-state index in [0.29, 0.717) is 41.2 Å². The van der Waals surface area contributed by atoms with Crippen LogP contribution in [0.25, 0.3) is 11.4 Å². The van der Waals surface area contributed by atoms with Crippen LogP contribution < -0.4 is 69.2 Å². The first kappa shape index (κ1) is 98.5. The predicted octanol–water partition coefficient (Wildman–Crippen LogP) is 6.37. The lowest BCUT2D eigenvalue weighted by Crippen LogP contribution is -2.71. The highest BCUT2D eigenvalue weighted by molar-refractivity contribution is 7.85. The van der Waals surface area contributed by atoms with Crippen LogP contribution in [0.3, 0.4) is 0 Å². The van der Waals surface area contributed by atoms with Crippen molar-refractivity contribution < 1.29 is 117 Å². The number of nitrogens with one attached hydrogen (secondary N) is 9. The lowest BCUT2D eigenvalue weighted by Gasteiger charge is -2.63. The van der Waals surface area contributed by atoms with Crippen molar-refractivity contribution in [2.24, 2.45) is 46.1 Å². The van der Waals surface area contributed by atoms with Crippen LogP contribution in [0.2, 0.25) is 0 Å². The second kappa shape index (κ2) is 45.3. The highest BCUT2D eigenvalue weighted by atomic mass is 32.2. The molecule has 6 aliphatic rings. The number of ether oxygens (including phenoxy) is 8. The second-order valence-electron chi connectivity index (χ2n) is 33.1. The number of rotatable bonds is 48. The molecule has 10 rings (SSSR count). The zero-order chi connectivity index (χ0) is 91.8. The Morgan fingerprint density at radius 1 is 0.717 bits per heavy atom. The third kappa shape index (κ3) is 24.8. The number of Topliss-reactive ketones (excluding diaryl/α,β-unsaturated/α-hetero) is 2. The maximum atomic E-state index is 18.0. The van der Waals surface area contributed by atoms with Gasteiger partial charge in [0.1, 0.15) is 31.2 Å². The standard InChI is InChI=1S/C89H118F2N12O23S/c1-7-13-78-125-73-49-64-65-48-67(90)66-47-60(104)31-33-86(66,4)88(65,91)71(106)50-87(64,5)89(73,126-78)72(107)53-123-61-25-23-59(24-26-61)99-85(115)124-52-55-19-21-58(22-20-55)98-82(112)56(15-12-34-97-84(92)114)46-70(105)79(54(2)3)101-83(113)68(27-28-74(108)96-36-45-127(116,117)118)100-76(110)32-37-119-39-41-121-43-44-122-42-40-120-38-35-95-75(109)29-30-77(111)103-51-57-14-8-9-16-62(57)80(94-6)81(102-93)63-17-10-11-18-69(63)103/h8-11,14,16-26,31,33,47,54,56,64-65,67-68,71,73,78-79,94,102,106H,7,12-13,15,27-30,32,34-46,48-53,93H2,1-6H3,(H,95,109)(H,96,108)(H,98,112)(H,99,115)(H,100,110)(H,101,113)(H3,92,97,114)(H,116,117,118)/b81-80-/t56-,64+,65+,67+,68-,71+,73-,78?,79+,86+,87+,88+,89-/m1/s1. The van der Waals surface area contributed by atoms with Crippen molar-refractivity contribution in [3.8, 4) is 5.75 Å². The van der Waals surface area contributed by atoms with E-state index in [2.05, 4.69) is 48.0 Å². The van der Waals surface area contributed by atoms with Crippen molar-refractivity contribution in [1.29, 1.82) is 0 Å². The van der Waals surface area contributed by atoms with Gasteiger partial charge in [0.15, 0.2) is 29.1 Å². The van der Waals surface area contributed by atoms with Gasteiger partial charge >= 0.3 is 12.1 Å². The summed E-state index contributed by atoms with van der Waals surface area (Å²) in [7, 11) is -2.63. The number of halogens is 2. The van der Waals surface area contributed by atoms with Gasteiger partial charge in [-0.15, -0.1) is 0 Å². The molecule has 0 aromatic heterocycles. The zero-order valence-electron chi connectivity index (χ0n) is 72.3. The van der Waals surface area contributed by atoms with Gasteiger partial charge in [0, 0.05) is 104 Å². The Hall–Kier alpha value is -10.7. The van der Waals surface area contributed by atoms with E-state index in [4.69, 9.17) is 49.5 Å². The number of aliphatic hydroxyl groups is 1. The Morgan fingerprint density at radius 2 is 1.36 bits per heavy atom. The Balaban J connectivity index is 0.633. The van der Waals surface area contributed by atoms with Gasteiger partial charge in [0.05, 0.1) is 100 Å². The molecule has 692 valence electrons. The number of urea groups is 1. The van der Waals surface area contributed by atoms with Crippen LogP contribution in [0.5, 0.6) is 5.75 Å². The maximum Gasteiger partial charge on any atom is 0.411 e. The number of aliphatic hydroxyl groups excluding tert-OH is 1. The molecule has 0 spiro atoms. The zero-order valence-corrected chi connectivity index (χ0v) is 73.1. The quantitative estimate of drug-likeness (QED) is 0.00988. The SMILES string of the molecule is CCCC1O[C@@H]2C[C@H]3[C@@H]4C[C@H](F)C5=CC(=O)C=C[C@]5(C)[C@@]4(F)[C@@H](O)C[C@]3(C)[C@]2(C(=O)COc2ccc(NC(=O)OCc3ccc(NC(=O)[C@H](CCCNC(N)=O)CC(=O)[C@@H](NC(=O)[C@@H](CCC(=O)NCCS(=O)(=O)O)NC(=O)CCOCCOCCOCCOCCNC(=O)CCC(=O)N4Cc5ccccc5/C(NC)=C(/NN)c5ccccc54)C(C)C)cc3)cc2)O1. The number of amides is 9. The summed E-state index contributed by atoms with van der Waals surface area (Å²) in [5.41, 5.74) is 6.82. The monoisotopic (exact) mass is 1790 g/mol. The number of primary amides is 1. The molecule has 4 aromatic carbocycles. The van der Waals surface area contributed by atoms with E-state index in [1.165, 1.54) is 43.3 Å². The summed E-state index contributed by atoms with van der Waals surface area (Å²) in [5.74, 6) is -2.83. The normalized spacial score (nSPS) is 23.9. The molecule has 4 fully saturated rings. The minimum absolute atomic E-state index is 0.0131. The third-order valence-electron chi connectivity index (χ3n) is 24.3. The number of nitrogens with two attached hydrogens (primary N) is 2. The highest BCUT2D eigenvalue weighted by Gasteiger charge is 2.80. The Morgan fingerprint density at radius 3 is 2.03 bits per heavy atom. The summed E-state index contributed by atoms with van der Waals surface area (Å²) < 4.78 is 113. The van der Waals surface area contributed by atoms with Gasteiger partial charge in [-0.05, 0) is 135 Å². The average Bonchev–Trinajstić information content (AvgIpc) is 1.55. The van der Waals surface area contributed by atoms with E-state index in [1.807, 2.05) is 55.5 Å². The number of carbonyl (C=O) groups excluding carboxylic acids is 11. The smallest absolute Gasteiger partial charge is 0.411 e. The van der Waals surface area contributed by atoms with Gasteiger partial charge in [0.2, 0.25) is 41.2 Å². The first-order valence-electron chi connectivity index (χ1n) is 42.9. The van der Waals surface area contributed by atoms with Crippen molar-refractivity contribution in [2.45, 2.75) is 179 Å². The van der Waals surface area contributed by atoms with Gasteiger partial charge in [-0.25, -0.2) is 18.4 Å². The molecule has 4 aliphatic carbocycles. The van der Waals surface area contributed by atoms with Gasteiger partial charge in [-0.3, -0.25) is 58.9 Å². The molecule has 2 heterocycles. The predicted molar refractivity (Wildman–Crippen MR) is 462 cm³/mol. The molecule has 1 saturated heterocycles. The first-order valence-corrected chi connectivity index (χ1v) is 44.5. The number of hydrogen-bond donors (Lipinski definition) is 13. The number of fused-ring (bicyclic) bond motifs is 9. The summed E-state index contributed by atoms with van der Waals surface area (Å²) in [4.78, 5) is 149. The van der Waals surface area contributed by atoms with Crippen LogP contribution >= 0.6 is 0 Å². The van der Waals surface area contributed by atoms with Crippen molar-refractivity contribution in [1.82, 2.24) is 37.3 Å². The van der Waals surface area contributed by atoms with Gasteiger partial charge in [0.25, 0.3) is 10.1 Å². The topological polar surface area (TPSA) is 500 Å². The van der Waals surface area contributed by atoms with Crippen molar-refractivity contribution in [3.05, 3.63) is 143 Å². The molecule has 38 heteroatoms. The van der Waals surface area contributed by atoms with Crippen molar-refractivity contribution in [2.75, 3.05) is 107 Å². The summed E-state index contributed by atoms with van der Waals surface area (Å²) in [5, 5.41) is 33.5. The number of allylic oxidation sites excluding steroid dienone is 4. The van der Waals surface area contributed by atoms with Gasteiger partial charge in [-0.2, -0.15) is 8.42 Å². The van der Waals surface area contributed by atoms with Gasteiger partial charge < -0.3 is 96.3 Å². The number of carbonyl (C=O) groups is 11. The largest absolute Gasteiger partial charge is 0.486 e. The molecule has 2 aliphatic heterocycles. The van der Waals surface area contributed by atoms with Crippen LogP contribution in [0.4, 0.5) is 35.4 Å². The van der Waals surface area contributed by atoms with E-state index in [-0.39, 0.29) is 160 Å². The number of hydrogen-bond acceptors (Lipinski definition) is 25. The average molecular weight is 1790 g/mol. The molecule has 127 heavy (non-hydrogen) atoms. The van der Waals surface area contributed by atoms with E-state index < -0.39 is 177 Å². The third-order valence-corrected chi connectivity index (χ3v) is 25.0. The van der Waals surface area contributed by atoms with Crippen LogP contribution in [-0.2, 0) is 99.6 Å². The molecule has 0 radical (unpaired) electrons. The van der Waals surface area contributed by atoms with Crippen LogP contribution in [0.15, 0.2) is 121 Å². The Labute approximate surface area is 736 Å². The molecule has 15 N–H and O–H groups in total. The number of para-hydroxylation sites is 1. The number of benzene rings is 4. The molecular formula is C89H118F2N12O23S. The molecular weight excluding hydrogens is 1680 g/mol. The van der Waals surface area contributed by atoms with Crippen LogP contribution in [-0.4, -0.2) is 223 Å². The lowest BCUT2D eigenvalue weighted by molar-refractivity contribution is -0.234. The minimum Gasteiger partial charge on any atom is -0.486 e. The minimum atomic E-state index is -4.43. The maximum absolute atomic E-state index is 18.0. The molecule has 4 aromatic rings. The van der Waals surface area contributed by atoms with Gasteiger partial charge in [-0.1, -0.05) is 94.8 Å². The number of ketones is 3. The number of alkyl halides is 2. The highest BCUT2D eigenvalue weighted by Crippen LogP contribution is 2.72. The summed E-state index contributed by atoms with van der Waals surface area (Å²) >= 11 is 0. The fourth-order valence-electron chi connectivity index (χ4n) is 18.0. The Kier molecular flexibility index (Phi) is 35.2. The van der Waals surface area contributed by atoms with Crippen LogP contribution in [0, 0.1) is 34.5 Å². The molecule has 13 atom stereocenters. The number of anilines is 3.